The summed E-state index contributed by atoms with van der Waals surface area (Å²) in [6.07, 6.45) is 33.6. The SMILES string of the molecule is CCCCCCCC/C=C/CCCCCCCCCCCCCC(=O)N[C@@H](CO[C@@H]1O[C@H](CNC(C)=O)[C@H](O)[C@H](O)[C@H]1O)[C@H](O)[C@H](O)CCCCCCCCCCCCCC. The molecule has 1 rings (SSSR count). The molecule has 0 bridgehead atoms. The molecule has 360 valence electrons. The Morgan fingerprint density at radius 2 is 1.02 bits per heavy atom. The number of carbonyl (C=O) groups excluding carboxylic acids is 2. The van der Waals surface area contributed by atoms with E-state index in [1.807, 2.05) is 0 Å². The zero-order chi connectivity index (χ0) is 44.8. The molecule has 0 aromatic heterocycles. The van der Waals surface area contributed by atoms with Gasteiger partial charge >= 0.3 is 0 Å². The quantitative estimate of drug-likeness (QED) is 0.0233. The van der Waals surface area contributed by atoms with Crippen LogP contribution < -0.4 is 10.6 Å². The molecule has 0 aliphatic carbocycles. The van der Waals surface area contributed by atoms with E-state index >= 15 is 0 Å². The highest BCUT2D eigenvalue weighted by Crippen LogP contribution is 2.23. The fraction of sp³-hybridized carbons (Fsp3) is 0.920. The Balaban J connectivity index is 2.41. The van der Waals surface area contributed by atoms with Gasteiger partial charge in [-0.15, -0.1) is 0 Å². The minimum atomic E-state index is -1.61. The van der Waals surface area contributed by atoms with E-state index in [0.29, 0.717) is 12.8 Å². The van der Waals surface area contributed by atoms with Crippen LogP contribution in [0.25, 0.3) is 0 Å². The average molecular weight is 869 g/mol. The summed E-state index contributed by atoms with van der Waals surface area (Å²) >= 11 is 0. The molecule has 0 spiro atoms. The van der Waals surface area contributed by atoms with Gasteiger partial charge in [0, 0.05) is 19.9 Å². The van der Waals surface area contributed by atoms with Crippen molar-refractivity contribution in [2.75, 3.05) is 13.2 Å². The van der Waals surface area contributed by atoms with Crippen molar-refractivity contribution in [3.05, 3.63) is 12.2 Å². The van der Waals surface area contributed by atoms with Crippen LogP contribution in [0.15, 0.2) is 12.2 Å². The number of allylic oxidation sites excluding steroid dienone is 2. The molecule has 0 aromatic rings. The summed E-state index contributed by atoms with van der Waals surface area (Å²) in [7, 11) is 0. The van der Waals surface area contributed by atoms with Crippen LogP contribution in [0.4, 0.5) is 0 Å². The van der Waals surface area contributed by atoms with E-state index in [1.54, 1.807) is 0 Å². The molecular formula is C50H96N2O9. The van der Waals surface area contributed by atoms with Gasteiger partial charge in [0.2, 0.25) is 11.8 Å². The van der Waals surface area contributed by atoms with Crippen molar-refractivity contribution in [1.82, 2.24) is 10.6 Å². The number of amides is 2. The van der Waals surface area contributed by atoms with Gasteiger partial charge in [-0.25, -0.2) is 0 Å². The van der Waals surface area contributed by atoms with Crippen LogP contribution >= 0.6 is 0 Å². The highest BCUT2D eigenvalue weighted by molar-refractivity contribution is 5.76. The molecule has 0 unspecified atom stereocenters. The predicted octanol–water partition coefficient (Wildman–Crippen LogP) is 9.62. The number of hydrogen-bond donors (Lipinski definition) is 7. The zero-order valence-corrected chi connectivity index (χ0v) is 39.4. The van der Waals surface area contributed by atoms with Crippen molar-refractivity contribution in [2.24, 2.45) is 0 Å². The van der Waals surface area contributed by atoms with E-state index in [4.69, 9.17) is 9.47 Å². The van der Waals surface area contributed by atoms with Crippen molar-refractivity contribution >= 4 is 11.8 Å². The molecular weight excluding hydrogens is 773 g/mol. The lowest BCUT2D eigenvalue weighted by Gasteiger charge is -2.41. The van der Waals surface area contributed by atoms with Gasteiger partial charge in [-0.1, -0.05) is 193 Å². The Labute approximate surface area is 373 Å². The summed E-state index contributed by atoms with van der Waals surface area (Å²) in [6.45, 7) is 5.39. The van der Waals surface area contributed by atoms with Crippen LogP contribution in [-0.4, -0.2) is 99.5 Å². The molecule has 0 radical (unpaired) electrons. The minimum Gasteiger partial charge on any atom is -0.390 e. The van der Waals surface area contributed by atoms with Gasteiger partial charge in [0.1, 0.15) is 30.5 Å². The van der Waals surface area contributed by atoms with Gasteiger partial charge in [0.15, 0.2) is 6.29 Å². The Bertz CT molecular complexity index is 1050. The van der Waals surface area contributed by atoms with Gasteiger partial charge in [-0.2, -0.15) is 0 Å². The van der Waals surface area contributed by atoms with Gasteiger partial charge < -0.3 is 45.6 Å². The summed E-state index contributed by atoms with van der Waals surface area (Å²) in [6, 6.07) is -1.00. The Hall–Kier alpha value is -1.60. The molecule has 1 saturated heterocycles. The molecule has 1 heterocycles. The van der Waals surface area contributed by atoms with Gasteiger partial charge in [-0.3, -0.25) is 9.59 Å². The Morgan fingerprint density at radius 3 is 1.48 bits per heavy atom. The third-order valence-corrected chi connectivity index (χ3v) is 12.3. The molecule has 1 aliphatic rings. The number of nitrogens with one attached hydrogen (secondary N) is 2. The number of rotatable bonds is 42. The summed E-state index contributed by atoms with van der Waals surface area (Å²) in [5.74, 6) is -0.613. The lowest BCUT2D eigenvalue weighted by atomic mass is 9.98. The normalized spacial score (nSPS) is 20.8. The van der Waals surface area contributed by atoms with E-state index in [0.717, 1.165) is 44.9 Å². The van der Waals surface area contributed by atoms with Crippen molar-refractivity contribution in [2.45, 2.75) is 282 Å². The molecule has 0 aromatic carbocycles. The number of unbranched alkanes of at least 4 members (excludes halogenated alkanes) is 28. The molecule has 11 heteroatoms. The second-order valence-electron chi connectivity index (χ2n) is 18.2. The van der Waals surface area contributed by atoms with Crippen LogP contribution in [0.3, 0.4) is 0 Å². The maximum atomic E-state index is 13.1. The first-order chi connectivity index (χ1) is 29.6. The standard InChI is InChI=1S/C50H96N2O9/c1-4-6-8-10-12-14-16-18-19-20-21-22-23-24-25-26-28-30-32-34-36-38-45(55)52-42(40-60-50-49(59)48(58)47(57)44(61-50)39-51-41(3)53)46(56)43(54)37-35-33-31-29-27-17-15-13-11-9-7-5-2/h18-19,42-44,46-50,54,56-59H,4-17,20-40H2,1-3H3,(H,51,53)(H,52,55)/b19-18+/t42-,43+,44+,46-,47-,48-,49+,50+/m0/s1. The van der Waals surface area contributed by atoms with Crippen LogP contribution in [0, 0.1) is 0 Å². The first-order valence-electron chi connectivity index (χ1n) is 25.5. The largest absolute Gasteiger partial charge is 0.390 e. The summed E-state index contributed by atoms with van der Waals surface area (Å²) in [5.41, 5.74) is 0. The number of carbonyl (C=O) groups is 2. The summed E-state index contributed by atoms with van der Waals surface area (Å²) in [5, 5.41) is 59.1. The van der Waals surface area contributed by atoms with Gasteiger partial charge in [0.25, 0.3) is 0 Å². The lowest BCUT2D eigenvalue weighted by Crippen LogP contribution is -2.61. The predicted molar refractivity (Wildman–Crippen MR) is 248 cm³/mol. The highest BCUT2D eigenvalue weighted by atomic mass is 16.7. The molecule has 0 saturated carbocycles. The smallest absolute Gasteiger partial charge is 0.220 e. The Morgan fingerprint density at radius 1 is 0.590 bits per heavy atom. The maximum absolute atomic E-state index is 13.1. The zero-order valence-electron chi connectivity index (χ0n) is 39.4. The third kappa shape index (κ3) is 31.0. The Kier molecular flexibility index (Phi) is 37.6. The van der Waals surface area contributed by atoms with E-state index in [1.165, 1.54) is 155 Å². The van der Waals surface area contributed by atoms with E-state index in [9.17, 15) is 35.1 Å². The van der Waals surface area contributed by atoms with Gasteiger partial charge in [-0.05, 0) is 38.5 Å². The summed E-state index contributed by atoms with van der Waals surface area (Å²) in [4.78, 5) is 24.6. The molecule has 11 nitrogen and oxygen atoms in total. The first-order valence-corrected chi connectivity index (χ1v) is 25.5. The average Bonchev–Trinajstić information content (AvgIpc) is 3.24. The van der Waals surface area contributed by atoms with Crippen LogP contribution in [0.2, 0.25) is 0 Å². The fourth-order valence-electron chi connectivity index (χ4n) is 8.22. The molecule has 7 N–H and O–H groups in total. The monoisotopic (exact) mass is 869 g/mol. The third-order valence-electron chi connectivity index (χ3n) is 12.3. The maximum Gasteiger partial charge on any atom is 0.220 e. The number of ether oxygens (including phenoxy) is 2. The first kappa shape index (κ1) is 57.4. The second kappa shape index (κ2) is 40.0. The number of aliphatic hydroxyl groups is 5. The highest BCUT2D eigenvalue weighted by Gasteiger charge is 2.45. The number of aliphatic hydroxyl groups excluding tert-OH is 5. The number of hydrogen-bond acceptors (Lipinski definition) is 9. The molecule has 8 atom stereocenters. The van der Waals surface area contributed by atoms with Crippen molar-refractivity contribution in [3.63, 3.8) is 0 Å². The van der Waals surface area contributed by atoms with Crippen molar-refractivity contribution in [1.29, 1.82) is 0 Å². The van der Waals surface area contributed by atoms with Crippen LogP contribution in [-0.2, 0) is 19.1 Å². The van der Waals surface area contributed by atoms with E-state index in [-0.39, 0.29) is 31.4 Å². The van der Waals surface area contributed by atoms with Crippen LogP contribution in [0.1, 0.15) is 233 Å². The molecule has 1 aliphatic heterocycles. The molecule has 1 fully saturated rings. The van der Waals surface area contributed by atoms with Crippen molar-refractivity contribution in [3.8, 4) is 0 Å². The fourth-order valence-corrected chi connectivity index (χ4v) is 8.22. The van der Waals surface area contributed by atoms with Crippen molar-refractivity contribution < 1.29 is 44.6 Å². The second-order valence-corrected chi connectivity index (χ2v) is 18.2. The topological polar surface area (TPSA) is 178 Å². The molecule has 2 amide bonds. The molecule has 61 heavy (non-hydrogen) atoms. The van der Waals surface area contributed by atoms with Crippen LogP contribution in [0.5, 0.6) is 0 Å². The van der Waals surface area contributed by atoms with E-state index in [2.05, 4.69) is 36.6 Å². The minimum absolute atomic E-state index is 0.113. The van der Waals surface area contributed by atoms with Gasteiger partial charge in [0.05, 0.1) is 18.8 Å². The lowest BCUT2D eigenvalue weighted by molar-refractivity contribution is -0.297. The van der Waals surface area contributed by atoms with E-state index < -0.39 is 49.0 Å². The summed E-state index contributed by atoms with van der Waals surface area (Å²) < 4.78 is 11.5.